The summed E-state index contributed by atoms with van der Waals surface area (Å²) in [6.07, 6.45) is 7.83. The number of H-pyrrole nitrogens is 1. The number of hydrogen-bond acceptors (Lipinski definition) is 5. The van der Waals surface area contributed by atoms with Crippen LogP contribution in [-0.2, 0) is 23.3 Å². The lowest BCUT2D eigenvalue weighted by molar-refractivity contribution is -0.149. The number of aromatic nitrogens is 3. The third-order valence-electron chi connectivity index (χ3n) is 6.72. The number of rotatable bonds is 3. The van der Waals surface area contributed by atoms with Crippen molar-refractivity contribution in [1.29, 1.82) is 0 Å². The van der Waals surface area contributed by atoms with Crippen LogP contribution >= 0.6 is 0 Å². The molecule has 1 saturated heterocycles. The highest BCUT2D eigenvalue weighted by Gasteiger charge is 2.50. The summed E-state index contributed by atoms with van der Waals surface area (Å²) in [5.41, 5.74) is 3.00. The van der Waals surface area contributed by atoms with Gasteiger partial charge in [0.1, 0.15) is 0 Å². The van der Waals surface area contributed by atoms with Crippen molar-refractivity contribution in [3.63, 3.8) is 0 Å². The first kappa shape index (κ1) is 17.0. The Balaban J connectivity index is 1.37. The zero-order valence-electron chi connectivity index (χ0n) is 15.9. The molecule has 2 aromatic heterocycles. The first-order valence-corrected chi connectivity index (χ1v) is 10.1. The number of aromatic amines is 1. The number of nitrogens with one attached hydrogen (secondary N) is 1. The molecule has 27 heavy (non-hydrogen) atoms. The molecule has 1 amide bonds. The summed E-state index contributed by atoms with van der Waals surface area (Å²) in [6, 6.07) is 2.00. The number of piperidine rings is 1. The third kappa shape index (κ3) is 2.79. The summed E-state index contributed by atoms with van der Waals surface area (Å²) in [5.74, 6) is 1.50. The van der Waals surface area contributed by atoms with Crippen molar-refractivity contribution in [1.82, 2.24) is 24.9 Å². The maximum absolute atomic E-state index is 13.2. The fourth-order valence-corrected chi connectivity index (χ4v) is 4.97. The summed E-state index contributed by atoms with van der Waals surface area (Å²) in [5, 5.41) is 3.99. The van der Waals surface area contributed by atoms with Gasteiger partial charge in [0, 0.05) is 43.7 Å². The molecule has 0 radical (unpaired) electrons. The summed E-state index contributed by atoms with van der Waals surface area (Å²) < 4.78 is 5.39. The summed E-state index contributed by atoms with van der Waals surface area (Å²) in [4.78, 5) is 25.8. The number of amides is 1. The summed E-state index contributed by atoms with van der Waals surface area (Å²) in [6.45, 7) is 5.40. The van der Waals surface area contributed by atoms with E-state index in [4.69, 9.17) is 4.52 Å². The van der Waals surface area contributed by atoms with Gasteiger partial charge in [-0.15, -0.1) is 0 Å². The van der Waals surface area contributed by atoms with Gasteiger partial charge in [-0.25, -0.2) is 4.98 Å². The molecule has 3 aliphatic rings. The number of carbonyl (C=O) groups is 1. The van der Waals surface area contributed by atoms with Gasteiger partial charge in [0.2, 0.25) is 5.91 Å². The van der Waals surface area contributed by atoms with Gasteiger partial charge in [-0.1, -0.05) is 11.6 Å². The zero-order chi connectivity index (χ0) is 18.4. The molecule has 1 aliphatic carbocycles. The van der Waals surface area contributed by atoms with Crippen LogP contribution in [0.4, 0.5) is 0 Å². The lowest BCUT2D eigenvalue weighted by Crippen LogP contribution is -2.59. The predicted molar refractivity (Wildman–Crippen MR) is 98.8 cm³/mol. The first-order chi connectivity index (χ1) is 13.2. The second-order valence-electron chi connectivity index (χ2n) is 8.34. The van der Waals surface area contributed by atoms with Crippen molar-refractivity contribution in [3.8, 4) is 0 Å². The molecule has 2 fully saturated rings. The van der Waals surface area contributed by atoms with E-state index in [0.29, 0.717) is 5.91 Å². The molecule has 1 saturated carbocycles. The molecule has 7 nitrogen and oxygen atoms in total. The second-order valence-corrected chi connectivity index (χ2v) is 8.34. The van der Waals surface area contributed by atoms with Crippen LogP contribution in [0.15, 0.2) is 16.9 Å². The lowest BCUT2D eigenvalue weighted by atomic mass is 9.76. The molecule has 0 atom stereocenters. The van der Waals surface area contributed by atoms with E-state index in [0.717, 1.165) is 75.4 Å². The molecule has 5 rings (SSSR count). The topological polar surface area (TPSA) is 78.3 Å². The highest BCUT2D eigenvalue weighted by molar-refractivity contribution is 5.81. The van der Waals surface area contributed by atoms with E-state index in [1.54, 1.807) is 6.33 Å². The molecule has 2 aromatic rings. The molecule has 2 aliphatic heterocycles. The summed E-state index contributed by atoms with van der Waals surface area (Å²) in [7, 11) is 0. The van der Waals surface area contributed by atoms with Crippen molar-refractivity contribution in [3.05, 3.63) is 35.2 Å². The van der Waals surface area contributed by atoms with Gasteiger partial charge in [0.05, 0.1) is 29.8 Å². The van der Waals surface area contributed by atoms with Crippen molar-refractivity contribution in [2.45, 2.75) is 57.5 Å². The van der Waals surface area contributed by atoms with E-state index < -0.39 is 0 Å². The Hall–Kier alpha value is -2.15. The highest BCUT2D eigenvalue weighted by atomic mass is 16.5. The molecular formula is C20H27N5O2. The maximum Gasteiger partial charge on any atom is 0.226 e. The largest absolute Gasteiger partial charge is 0.360 e. The number of aryl methyl sites for hydroxylation is 1. The number of fused-ring (bicyclic) bond motifs is 2. The lowest BCUT2D eigenvalue weighted by Gasteiger charge is -2.51. The SMILES string of the molecule is Cc1cc(CN2CCC3(CC2)c2nc[nH]c2CCN3C(=O)C2CCC2)on1. The van der Waals surface area contributed by atoms with E-state index in [9.17, 15) is 4.79 Å². The van der Waals surface area contributed by atoms with E-state index in [1.165, 1.54) is 12.1 Å². The van der Waals surface area contributed by atoms with Crippen LogP contribution in [0.2, 0.25) is 0 Å². The van der Waals surface area contributed by atoms with Gasteiger partial charge in [0.25, 0.3) is 0 Å². The van der Waals surface area contributed by atoms with Crippen LogP contribution in [0.5, 0.6) is 0 Å². The van der Waals surface area contributed by atoms with Crippen molar-refractivity contribution in [2.75, 3.05) is 19.6 Å². The van der Waals surface area contributed by atoms with Crippen LogP contribution < -0.4 is 0 Å². The van der Waals surface area contributed by atoms with Gasteiger partial charge >= 0.3 is 0 Å². The molecule has 4 heterocycles. The molecule has 1 N–H and O–H groups in total. The van der Waals surface area contributed by atoms with Crippen molar-refractivity contribution in [2.24, 2.45) is 5.92 Å². The highest BCUT2D eigenvalue weighted by Crippen LogP contribution is 2.44. The molecule has 144 valence electrons. The number of imidazole rings is 1. The van der Waals surface area contributed by atoms with Crippen LogP contribution in [0.3, 0.4) is 0 Å². The van der Waals surface area contributed by atoms with Crippen LogP contribution in [-0.4, -0.2) is 50.5 Å². The Morgan fingerprint density at radius 3 is 2.81 bits per heavy atom. The number of hydrogen-bond donors (Lipinski definition) is 1. The van der Waals surface area contributed by atoms with Crippen LogP contribution in [0.1, 0.15) is 54.9 Å². The Morgan fingerprint density at radius 1 is 1.33 bits per heavy atom. The smallest absolute Gasteiger partial charge is 0.226 e. The predicted octanol–water partition coefficient (Wildman–Crippen LogP) is 2.38. The zero-order valence-corrected chi connectivity index (χ0v) is 15.9. The molecular weight excluding hydrogens is 342 g/mol. The van der Waals surface area contributed by atoms with Crippen LogP contribution in [0, 0.1) is 12.8 Å². The normalized spacial score (nSPS) is 22.6. The Bertz CT molecular complexity index is 829. The molecule has 1 spiro atoms. The molecule has 0 bridgehead atoms. The van der Waals surface area contributed by atoms with E-state index in [2.05, 4.69) is 24.9 Å². The minimum Gasteiger partial charge on any atom is -0.360 e. The monoisotopic (exact) mass is 369 g/mol. The maximum atomic E-state index is 13.2. The Morgan fingerprint density at radius 2 is 2.15 bits per heavy atom. The molecule has 7 heteroatoms. The number of carbonyl (C=O) groups excluding carboxylic acids is 1. The quantitative estimate of drug-likeness (QED) is 0.899. The van der Waals surface area contributed by atoms with Gasteiger partial charge in [-0.05, 0) is 32.6 Å². The first-order valence-electron chi connectivity index (χ1n) is 10.1. The average molecular weight is 369 g/mol. The minimum absolute atomic E-state index is 0.234. The van der Waals surface area contributed by atoms with E-state index in [1.807, 2.05) is 13.0 Å². The minimum atomic E-state index is -0.242. The standard InChI is InChI=1S/C20H27N5O2/c1-14-11-16(27-23-14)12-24-9-6-20(7-10-24)18-17(21-13-22-18)5-8-25(20)19(26)15-3-2-4-15/h11,13,15H,2-10,12H2,1H3,(H,21,22). The van der Waals surface area contributed by atoms with Gasteiger partial charge in [-0.2, -0.15) is 0 Å². The number of nitrogens with zero attached hydrogens (tertiary/aromatic N) is 4. The van der Waals surface area contributed by atoms with E-state index >= 15 is 0 Å². The Kier molecular flexibility index (Phi) is 4.07. The van der Waals surface area contributed by atoms with Crippen molar-refractivity contribution >= 4 is 5.91 Å². The molecule has 0 unspecified atom stereocenters. The Labute approximate surface area is 159 Å². The van der Waals surface area contributed by atoms with Gasteiger partial charge in [-0.3, -0.25) is 9.69 Å². The summed E-state index contributed by atoms with van der Waals surface area (Å²) >= 11 is 0. The van der Waals surface area contributed by atoms with Crippen LogP contribution in [0.25, 0.3) is 0 Å². The van der Waals surface area contributed by atoms with E-state index in [-0.39, 0.29) is 11.5 Å². The fraction of sp³-hybridized carbons (Fsp3) is 0.650. The second kappa shape index (κ2) is 6.48. The van der Waals surface area contributed by atoms with Gasteiger partial charge in [0.15, 0.2) is 5.76 Å². The average Bonchev–Trinajstić information content (AvgIpc) is 3.25. The fourth-order valence-electron chi connectivity index (χ4n) is 4.97. The number of likely N-dealkylation sites (tertiary alicyclic amines) is 1. The molecule has 0 aromatic carbocycles. The van der Waals surface area contributed by atoms with Gasteiger partial charge < -0.3 is 14.4 Å². The third-order valence-corrected chi connectivity index (χ3v) is 6.72. The van der Waals surface area contributed by atoms with Crippen molar-refractivity contribution < 1.29 is 9.32 Å².